The highest BCUT2D eigenvalue weighted by molar-refractivity contribution is 5.95. The van der Waals surface area contributed by atoms with E-state index in [9.17, 15) is 9.59 Å². The number of hydrogen-bond donors (Lipinski definition) is 1. The van der Waals surface area contributed by atoms with Gasteiger partial charge in [-0.15, -0.1) is 0 Å². The lowest BCUT2D eigenvalue weighted by molar-refractivity contribution is -0.130. The smallest absolute Gasteiger partial charge is 0.257 e. The molecule has 1 aromatic carbocycles. The monoisotopic (exact) mass is 393 g/mol. The van der Waals surface area contributed by atoms with Crippen LogP contribution >= 0.6 is 0 Å². The number of amides is 2. The predicted octanol–water partition coefficient (Wildman–Crippen LogP) is 1.90. The van der Waals surface area contributed by atoms with Crippen LogP contribution in [0.4, 0.5) is 0 Å². The molecule has 29 heavy (non-hydrogen) atoms. The summed E-state index contributed by atoms with van der Waals surface area (Å²) in [6.07, 6.45) is 4.17. The molecule has 0 aliphatic carbocycles. The van der Waals surface area contributed by atoms with Crippen LogP contribution in [0.5, 0.6) is 0 Å². The zero-order chi connectivity index (χ0) is 20.4. The second kappa shape index (κ2) is 7.54. The van der Waals surface area contributed by atoms with Crippen molar-refractivity contribution in [1.29, 1.82) is 0 Å². The van der Waals surface area contributed by atoms with Crippen LogP contribution in [0.1, 0.15) is 22.5 Å². The molecule has 8 nitrogen and oxygen atoms in total. The van der Waals surface area contributed by atoms with Gasteiger partial charge in [-0.3, -0.25) is 14.3 Å². The predicted molar refractivity (Wildman–Crippen MR) is 106 cm³/mol. The molecule has 1 aliphatic rings. The molecule has 150 valence electrons. The Labute approximate surface area is 168 Å². The Morgan fingerprint density at radius 2 is 2.07 bits per heavy atom. The topological polar surface area (TPSA) is 93.3 Å². The second-order valence-electron chi connectivity index (χ2n) is 7.46. The zero-order valence-electron chi connectivity index (χ0n) is 16.5. The summed E-state index contributed by atoms with van der Waals surface area (Å²) < 4.78 is 7.13. The fourth-order valence-electron chi connectivity index (χ4n) is 3.91. The van der Waals surface area contributed by atoms with E-state index in [1.807, 2.05) is 36.4 Å². The van der Waals surface area contributed by atoms with Crippen LogP contribution in [0.25, 0.3) is 11.3 Å². The van der Waals surface area contributed by atoms with E-state index in [0.717, 1.165) is 11.3 Å². The first-order chi connectivity index (χ1) is 14.0. The number of aryl methyl sites for hydroxylation is 1. The van der Waals surface area contributed by atoms with E-state index in [0.29, 0.717) is 37.3 Å². The standard InChI is InChI=1S/C21H23N5O3/c1-22-20(28)21(8-9-26(14-21)19(27)16-12-23-25(2)13-16)11-17-10-18(24-29-17)15-6-4-3-5-7-15/h3-7,10,12-13H,8-9,11,14H2,1-2H3,(H,22,28). The van der Waals surface area contributed by atoms with Crippen molar-refractivity contribution in [2.45, 2.75) is 12.8 Å². The van der Waals surface area contributed by atoms with Crippen molar-refractivity contribution >= 4 is 11.8 Å². The largest absolute Gasteiger partial charge is 0.361 e. The van der Waals surface area contributed by atoms with E-state index < -0.39 is 5.41 Å². The Kier molecular flexibility index (Phi) is 4.92. The van der Waals surface area contributed by atoms with E-state index in [2.05, 4.69) is 15.6 Å². The highest BCUT2D eigenvalue weighted by Crippen LogP contribution is 2.36. The molecule has 0 radical (unpaired) electrons. The Morgan fingerprint density at radius 3 is 2.76 bits per heavy atom. The molecule has 1 aliphatic heterocycles. The molecule has 3 aromatic rings. The molecule has 1 N–H and O–H groups in total. The van der Waals surface area contributed by atoms with Gasteiger partial charge in [0, 0.05) is 51.4 Å². The molecule has 1 fully saturated rings. The van der Waals surface area contributed by atoms with Crippen molar-refractivity contribution in [2.24, 2.45) is 12.5 Å². The molecular formula is C21H23N5O3. The van der Waals surface area contributed by atoms with Crippen LogP contribution in [0.3, 0.4) is 0 Å². The van der Waals surface area contributed by atoms with Gasteiger partial charge in [0.2, 0.25) is 5.91 Å². The van der Waals surface area contributed by atoms with Crippen LogP contribution in [-0.2, 0) is 18.3 Å². The van der Waals surface area contributed by atoms with Gasteiger partial charge in [0.25, 0.3) is 5.91 Å². The van der Waals surface area contributed by atoms with Crippen LogP contribution < -0.4 is 5.32 Å². The van der Waals surface area contributed by atoms with Crippen molar-refractivity contribution in [3.63, 3.8) is 0 Å². The maximum Gasteiger partial charge on any atom is 0.257 e. The highest BCUT2D eigenvalue weighted by atomic mass is 16.5. The van der Waals surface area contributed by atoms with Gasteiger partial charge in [-0.1, -0.05) is 35.5 Å². The Bertz CT molecular complexity index is 1030. The quantitative estimate of drug-likeness (QED) is 0.715. The number of carbonyl (C=O) groups is 2. The number of rotatable bonds is 5. The minimum Gasteiger partial charge on any atom is -0.361 e. The molecule has 1 unspecified atom stereocenters. The summed E-state index contributed by atoms with van der Waals surface area (Å²) in [4.78, 5) is 27.3. The van der Waals surface area contributed by atoms with Crippen molar-refractivity contribution in [1.82, 2.24) is 25.2 Å². The average Bonchev–Trinajstić information content (AvgIpc) is 3.48. The Balaban J connectivity index is 1.55. The molecule has 1 saturated heterocycles. The lowest BCUT2D eigenvalue weighted by Gasteiger charge is -2.26. The molecule has 1 atom stereocenters. The minimum absolute atomic E-state index is 0.100. The van der Waals surface area contributed by atoms with E-state index in [-0.39, 0.29) is 11.8 Å². The number of aromatic nitrogens is 3. The molecule has 0 bridgehead atoms. The van der Waals surface area contributed by atoms with Gasteiger partial charge in [0.1, 0.15) is 11.5 Å². The normalized spacial score (nSPS) is 18.8. The van der Waals surface area contributed by atoms with Gasteiger partial charge >= 0.3 is 0 Å². The van der Waals surface area contributed by atoms with Crippen molar-refractivity contribution in [3.05, 3.63) is 60.1 Å². The van der Waals surface area contributed by atoms with Gasteiger partial charge in [-0.05, 0) is 6.42 Å². The number of nitrogens with zero attached hydrogens (tertiary/aromatic N) is 4. The molecule has 3 heterocycles. The SMILES string of the molecule is CNC(=O)C1(Cc2cc(-c3ccccc3)no2)CCN(C(=O)c2cnn(C)c2)C1. The molecule has 2 amide bonds. The number of benzene rings is 1. The van der Waals surface area contributed by atoms with Crippen LogP contribution in [0.15, 0.2) is 53.3 Å². The van der Waals surface area contributed by atoms with Gasteiger partial charge in [0.05, 0.1) is 17.2 Å². The summed E-state index contributed by atoms with van der Waals surface area (Å²) >= 11 is 0. The van der Waals surface area contributed by atoms with E-state index in [1.165, 1.54) is 0 Å². The molecule has 2 aromatic heterocycles. The number of hydrogen-bond acceptors (Lipinski definition) is 5. The van der Waals surface area contributed by atoms with Crippen LogP contribution in [0.2, 0.25) is 0 Å². The third-order valence-corrected chi connectivity index (χ3v) is 5.44. The van der Waals surface area contributed by atoms with Crippen molar-refractivity contribution < 1.29 is 14.1 Å². The minimum atomic E-state index is -0.750. The third-order valence-electron chi connectivity index (χ3n) is 5.44. The summed E-state index contributed by atoms with van der Waals surface area (Å²) in [7, 11) is 3.38. The van der Waals surface area contributed by atoms with Crippen LogP contribution in [0, 0.1) is 5.41 Å². The van der Waals surface area contributed by atoms with Crippen molar-refractivity contribution in [2.75, 3.05) is 20.1 Å². The first-order valence-electron chi connectivity index (χ1n) is 9.52. The van der Waals surface area contributed by atoms with Gasteiger partial charge in [-0.2, -0.15) is 5.10 Å². The summed E-state index contributed by atoms with van der Waals surface area (Å²) in [5, 5.41) is 11.0. The molecule has 0 saturated carbocycles. The lowest BCUT2D eigenvalue weighted by Crippen LogP contribution is -2.44. The number of likely N-dealkylation sites (tertiary alicyclic amines) is 1. The fraction of sp³-hybridized carbons (Fsp3) is 0.333. The lowest BCUT2D eigenvalue weighted by atomic mass is 9.81. The molecule has 8 heteroatoms. The highest BCUT2D eigenvalue weighted by Gasteiger charge is 2.46. The maximum absolute atomic E-state index is 12.8. The van der Waals surface area contributed by atoms with Gasteiger partial charge < -0.3 is 14.7 Å². The fourth-order valence-corrected chi connectivity index (χ4v) is 3.91. The summed E-state index contributed by atoms with van der Waals surface area (Å²) in [6.45, 7) is 0.822. The molecule has 0 spiro atoms. The number of nitrogens with one attached hydrogen (secondary N) is 1. The zero-order valence-corrected chi connectivity index (χ0v) is 16.5. The maximum atomic E-state index is 12.8. The third kappa shape index (κ3) is 3.65. The molecule has 4 rings (SSSR count). The van der Waals surface area contributed by atoms with E-state index >= 15 is 0 Å². The van der Waals surface area contributed by atoms with Gasteiger partial charge in [-0.25, -0.2) is 0 Å². The number of carbonyl (C=O) groups excluding carboxylic acids is 2. The summed E-state index contributed by atoms with van der Waals surface area (Å²) in [5.41, 5.74) is 1.46. The first kappa shape index (κ1) is 18.9. The summed E-state index contributed by atoms with van der Waals surface area (Å²) in [6, 6.07) is 11.6. The second-order valence-corrected chi connectivity index (χ2v) is 7.46. The van der Waals surface area contributed by atoms with E-state index in [1.54, 1.807) is 36.1 Å². The van der Waals surface area contributed by atoms with Crippen LogP contribution in [-0.4, -0.2) is 51.8 Å². The average molecular weight is 393 g/mol. The Hall–Kier alpha value is -3.42. The van der Waals surface area contributed by atoms with E-state index in [4.69, 9.17) is 4.52 Å². The summed E-state index contributed by atoms with van der Waals surface area (Å²) in [5.74, 6) is 0.409. The van der Waals surface area contributed by atoms with Crippen molar-refractivity contribution in [3.8, 4) is 11.3 Å². The Morgan fingerprint density at radius 1 is 1.28 bits per heavy atom. The first-order valence-corrected chi connectivity index (χ1v) is 9.52. The van der Waals surface area contributed by atoms with Gasteiger partial charge in [0.15, 0.2) is 0 Å². The molecular weight excluding hydrogens is 370 g/mol.